The van der Waals surface area contributed by atoms with Gasteiger partial charge in [-0.15, -0.1) is 0 Å². The number of carbonyl (C=O) groups excluding carboxylic acids is 1. The van der Waals surface area contributed by atoms with Gasteiger partial charge in [-0.05, 0) is 37.2 Å². The number of aliphatic carboxylic acids is 1. The Morgan fingerprint density at radius 3 is 2.26 bits per heavy atom. The highest BCUT2D eigenvalue weighted by Crippen LogP contribution is 2.35. The maximum atomic E-state index is 12.6. The summed E-state index contributed by atoms with van der Waals surface area (Å²) in [5.74, 6) is 1.29. The van der Waals surface area contributed by atoms with Crippen LogP contribution in [0.1, 0.15) is 44.9 Å². The average molecular weight is 285 g/mol. The second-order valence-corrected chi connectivity index (χ2v) is 6.91. The van der Waals surface area contributed by atoms with Crippen molar-refractivity contribution in [1.82, 2.24) is 4.90 Å². The molecule has 0 aromatic carbocycles. The molecule has 0 spiro atoms. The molecule has 1 amide bonds. The van der Waals surface area contributed by atoms with Crippen molar-refractivity contribution in [3.8, 4) is 0 Å². The van der Waals surface area contributed by atoms with Gasteiger partial charge < -0.3 is 10.0 Å². The van der Waals surface area contributed by atoms with Crippen molar-refractivity contribution in [2.45, 2.75) is 50.5 Å². The minimum Gasteiger partial charge on any atom is -0.479 e. The van der Waals surface area contributed by atoms with Gasteiger partial charge in [-0.1, -0.05) is 19.3 Å². The number of thioether (sulfide) groups is 1. The normalized spacial score (nSPS) is 23.8. The quantitative estimate of drug-likeness (QED) is 0.865. The molecule has 5 heteroatoms. The summed E-state index contributed by atoms with van der Waals surface area (Å²) >= 11 is 1.88. The second-order valence-electron chi connectivity index (χ2n) is 5.68. The van der Waals surface area contributed by atoms with Crippen molar-refractivity contribution in [1.29, 1.82) is 0 Å². The topological polar surface area (TPSA) is 57.6 Å². The smallest absolute Gasteiger partial charge is 0.329 e. The Hall–Kier alpha value is -0.710. The Kier molecular flexibility index (Phi) is 4.76. The van der Waals surface area contributed by atoms with Crippen molar-refractivity contribution in [2.24, 2.45) is 5.92 Å². The zero-order chi connectivity index (χ0) is 13.9. The van der Waals surface area contributed by atoms with Gasteiger partial charge in [0.15, 0.2) is 0 Å². The van der Waals surface area contributed by atoms with Crippen LogP contribution < -0.4 is 0 Å². The van der Waals surface area contributed by atoms with E-state index in [1.807, 2.05) is 11.8 Å². The number of nitrogens with zero attached hydrogens (tertiary/aromatic N) is 1. The summed E-state index contributed by atoms with van der Waals surface area (Å²) in [7, 11) is 1.70. The van der Waals surface area contributed by atoms with Crippen LogP contribution in [0.15, 0.2) is 0 Å². The number of hydrogen-bond acceptors (Lipinski definition) is 3. The fourth-order valence-electron chi connectivity index (χ4n) is 3.26. The van der Waals surface area contributed by atoms with Crippen molar-refractivity contribution in [3.63, 3.8) is 0 Å². The first-order valence-electron chi connectivity index (χ1n) is 7.17. The van der Waals surface area contributed by atoms with Gasteiger partial charge in [0.05, 0.1) is 0 Å². The molecule has 0 aromatic rings. The third-order valence-corrected chi connectivity index (χ3v) is 5.67. The zero-order valence-electron chi connectivity index (χ0n) is 11.6. The number of carboxylic acids is 1. The first-order valence-corrected chi connectivity index (χ1v) is 8.32. The number of carboxylic acid groups (broad SMARTS) is 1. The van der Waals surface area contributed by atoms with Gasteiger partial charge in [0.1, 0.15) is 5.54 Å². The molecule has 1 aliphatic heterocycles. The molecule has 0 unspecified atom stereocenters. The molecule has 0 bridgehead atoms. The standard InChI is InChI=1S/C14H23NO3S/c1-15(12(16)11-5-9-19-10-6-11)14(13(17)18)7-3-2-4-8-14/h11H,2-10H2,1H3,(H,17,18). The van der Waals surface area contributed by atoms with Crippen LogP contribution in [-0.2, 0) is 9.59 Å². The molecule has 1 heterocycles. The van der Waals surface area contributed by atoms with E-state index in [0.717, 1.165) is 43.6 Å². The average Bonchev–Trinajstić information content (AvgIpc) is 2.47. The summed E-state index contributed by atoms with van der Waals surface area (Å²) in [5, 5.41) is 9.61. The van der Waals surface area contributed by atoms with Crippen LogP contribution in [0.5, 0.6) is 0 Å². The predicted octanol–water partition coefficient (Wildman–Crippen LogP) is 2.38. The van der Waals surface area contributed by atoms with Crippen LogP contribution >= 0.6 is 11.8 Å². The van der Waals surface area contributed by atoms with Crippen LogP contribution in [-0.4, -0.2) is 46.0 Å². The summed E-state index contributed by atoms with van der Waals surface area (Å²) in [4.78, 5) is 25.8. The first kappa shape index (κ1) is 14.7. The lowest BCUT2D eigenvalue weighted by Crippen LogP contribution is -2.57. The molecule has 1 saturated carbocycles. The van der Waals surface area contributed by atoms with Crippen molar-refractivity contribution in [2.75, 3.05) is 18.6 Å². The van der Waals surface area contributed by atoms with Gasteiger partial charge in [0, 0.05) is 13.0 Å². The van der Waals surface area contributed by atoms with Crippen LogP contribution in [0.2, 0.25) is 0 Å². The molecule has 2 rings (SSSR count). The fourth-order valence-corrected chi connectivity index (χ4v) is 4.37. The summed E-state index contributed by atoms with van der Waals surface area (Å²) in [5.41, 5.74) is -0.945. The highest BCUT2D eigenvalue weighted by Gasteiger charge is 2.46. The van der Waals surface area contributed by atoms with Gasteiger partial charge in [0.25, 0.3) is 0 Å². The third-order valence-electron chi connectivity index (χ3n) is 4.62. The van der Waals surface area contributed by atoms with Crippen molar-refractivity contribution < 1.29 is 14.7 Å². The number of hydrogen-bond donors (Lipinski definition) is 1. The first-order chi connectivity index (χ1) is 9.08. The molecule has 1 aliphatic carbocycles. The molecule has 19 heavy (non-hydrogen) atoms. The summed E-state index contributed by atoms with van der Waals surface area (Å²) in [6.45, 7) is 0. The second kappa shape index (κ2) is 6.16. The lowest BCUT2D eigenvalue weighted by molar-refractivity contribution is -0.162. The molecular weight excluding hydrogens is 262 g/mol. The van der Waals surface area contributed by atoms with E-state index in [1.54, 1.807) is 11.9 Å². The van der Waals surface area contributed by atoms with E-state index in [9.17, 15) is 14.7 Å². The lowest BCUT2D eigenvalue weighted by Gasteiger charge is -2.42. The molecule has 0 radical (unpaired) electrons. The molecule has 1 saturated heterocycles. The number of likely N-dealkylation sites (N-methyl/N-ethyl adjacent to an activating group) is 1. The molecular formula is C14H23NO3S. The highest BCUT2D eigenvalue weighted by molar-refractivity contribution is 7.99. The predicted molar refractivity (Wildman–Crippen MR) is 76.3 cm³/mol. The van der Waals surface area contributed by atoms with E-state index < -0.39 is 11.5 Å². The highest BCUT2D eigenvalue weighted by atomic mass is 32.2. The molecule has 2 aliphatic rings. The summed E-state index contributed by atoms with van der Waals surface area (Å²) in [6.07, 6.45) is 5.89. The third kappa shape index (κ3) is 2.91. The molecule has 2 fully saturated rings. The Morgan fingerprint density at radius 2 is 1.74 bits per heavy atom. The Labute approximate surface area is 118 Å². The minimum atomic E-state index is -0.945. The van der Waals surface area contributed by atoms with Crippen LogP contribution in [0.3, 0.4) is 0 Å². The van der Waals surface area contributed by atoms with E-state index in [4.69, 9.17) is 0 Å². The Morgan fingerprint density at radius 1 is 1.16 bits per heavy atom. The Balaban J connectivity index is 2.12. The summed E-state index contributed by atoms with van der Waals surface area (Å²) in [6, 6.07) is 0. The van der Waals surface area contributed by atoms with Gasteiger partial charge in [-0.25, -0.2) is 4.79 Å². The van der Waals surface area contributed by atoms with E-state index in [-0.39, 0.29) is 11.8 Å². The lowest BCUT2D eigenvalue weighted by atomic mass is 9.79. The van der Waals surface area contributed by atoms with E-state index in [2.05, 4.69) is 0 Å². The van der Waals surface area contributed by atoms with Gasteiger partial charge in [0.2, 0.25) is 5.91 Å². The van der Waals surface area contributed by atoms with Crippen LogP contribution in [0.4, 0.5) is 0 Å². The van der Waals surface area contributed by atoms with Crippen molar-refractivity contribution in [3.05, 3.63) is 0 Å². The van der Waals surface area contributed by atoms with E-state index >= 15 is 0 Å². The summed E-state index contributed by atoms with van der Waals surface area (Å²) < 4.78 is 0. The SMILES string of the molecule is CN(C(=O)C1CCSCC1)C1(C(=O)O)CCCCC1. The largest absolute Gasteiger partial charge is 0.479 e. The minimum absolute atomic E-state index is 0.0319. The maximum Gasteiger partial charge on any atom is 0.329 e. The molecule has 108 valence electrons. The Bertz CT molecular complexity index is 347. The number of carbonyl (C=O) groups is 2. The fraction of sp³-hybridized carbons (Fsp3) is 0.857. The maximum absolute atomic E-state index is 12.6. The molecule has 1 N–H and O–H groups in total. The van der Waals surface area contributed by atoms with Crippen LogP contribution in [0, 0.1) is 5.92 Å². The number of rotatable bonds is 3. The van der Waals surface area contributed by atoms with Crippen LogP contribution in [0.25, 0.3) is 0 Å². The zero-order valence-corrected chi connectivity index (χ0v) is 12.4. The number of amides is 1. The van der Waals surface area contributed by atoms with E-state index in [0.29, 0.717) is 12.8 Å². The van der Waals surface area contributed by atoms with E-state index in [1.165, 1.54) is 0 Å². The van der Waals surface area contributed by atoms with Gasteiger partial charge in [-0.3, -0.25) is 4.79 Å². The molecule has 0 atom stereocenters. The molecule has 4 nitrogen and oxygen atoms in total. The monoisotopic (exact) mass is 285 g/mol. The van der Waals surface area contributed by atoms with Crippen molar-refractivity contribution >= 4 is 23.6 Å². The van der Waals surface area contributed by atoms with Gasteiger partial charge >= 0.3 is 5.97 Å². The molecule has 0 aromatic heterocycles. The van der Waals surface area contributed by atoms with Gasteiger partial charge in [-0.2, -0.15) is 11.8 Å².